The largest absolute Gasteiger partial charge is 0.497 e. The molecule has 6 nitrogen and oxygen atoms in total. The maximum absolute atomic E-state index is 13.3. The first kappa shape index (κ1) is 19.2. The topological polar surface area (TPSA) is 68.6 Å². The zero-order chi connectivity index (χ0) is 20.2. The maximum Gasteiger partial charge on any atom is 0.280 e. The van der Waals surface area contributed by atoms with Crippen molar-refractivity contribution >= 4 is 5.71 Å². The highest BCUT2D eigenvalue weighted by atomic mass is 16.5. The van der Waals surface area contributed by atoms with E-state index in [2.05, 4.69) is 5.10 Å². The lowest BCUT2D eigenvalue weighted by Crippen LogP contribution is -2.20. The van der Waals surface area contributed by atoms with Gasteiger partial charge in [0.15, 0.2) is 0 Å². The molecule has 0 bridgehead atoms. The molecule has 0 radical (unpaired) electrons. The van der Waals surface area contributed by atoms with E-state index in [1.54, 1.807) is 11.8 Å². The van der Waals surface area contributed by atoms with Gasteiger partial charge in [-0.25, -0.2) is 4.68 Å². The van der Waals surface area contributed by atoms with Crippen LogP contribution in [0.5, 0.6) is 5.75 Å². The lowest BCUT2D eigenvalue weighted by molar-refractivity contribution is 0.118. The van der Waals surface area contributed by atoms with Crippen molar-refractivity contribution in [1.82, 2.24) is 9.78 Å². The minimum absolute atomic E-state index is 0.123. The second-order valence-electron chi connectivity index (χ2n) is 7.13. The quantitative estimate of drug-likeness (QED) is 0.650. The van der Waals surface area contributed by atoms with E-state index < -0.39 is 0 Å². The van der Waals surface area contributed by atoms with E-state index >= 15 is 0 Å². The number of aliphatic imine (C=N–C) groups is 1. The van der Waals surface area contributed by atoms with Crippen LogP contribution in [0.15, 0.2) is 64.4 Å². The van der Waals surface area contributed by atoms with Crippen LogP contribution >= 0.6 is 0 Å². The van der Waals surface area contributed by atoms with Gasteiger partial charge >= 0.3 is 0 Å². The summed E-state index contributed by atoms with van der Waals surface area (Å²) in [5, 5.41) is 3.28. The first-order valence-electron chi connectivity index (χ1n) is 9.85. The van der Waals surface area contributed by atoms with Gasteiger partial charge in [-0.2, -0.15) is 0 Å². The van der Waals surface area contributed by atoms with Crippen LogP contribution in [0.4, 0.5) is 0 Å². The molecule has 1 aliphatic rings. The Labute approximate surface area is 169 Å². The van der Waals surface area contributed by atoms with E-state index in [1.165, 1.54) is 0 Å². The third-order valence-electron chi connectivity index (χ3n) is 5.20. The van der Waals surface area contributed by atoms with Gasteiger partial charge in [0.25, 0.3) is 5.56 Å². The number of methoxy groups -OCH3 is 1. The number of rotatable bonds is 6. The predicted octanol–water partition coefficient (Wildman–Crippen LogP) is 3.83. The van der Waals surface area contributed by atoms with Gasteiger partial charge in [0.05, 0.1) is 36.7 Å². The van der Waals surface area contributed by atoms with E-state index in [0.717, 1.165) is 42.1 Å². The number of benzene rings is 2. The number of aromatic amines is 1. The summed E-state index contributed by atoms with van der Waals surface area (Å²) in [5.41, 5.74) is 3.63. The summed E-state index contributed by atoms with van der Waals surface area (Å²) in [4.78, 5) is 18.0. The highest BCUT2D eigenvalue weighted by molar-refractivity contribution is 6.03. The molecule has 1 atom stereocenters. The second kappa shape index (κ2) is 8.49. The van der Waals surface area contributed by atoms with Gasteiger partial charge in [-0.3, -0.25) is 14.9 Å². The van der Waals surface area contributed by atoms with Crippen LogP contribution in [0.1, 0.15) is 25.3 Å². The number of H-pyrrole nitrogens is 1. The normalized spacial score (nSPS) is 16.9. The minimum atomic E-state index is -0.123. The standard InChI is InChI=1S/C23H25N3O3/c1-16(24-15-20-9-6-14-29-20)21-22(17-7-4-3-5-8-17)25-26(23(21)27)18-10-12-19(28-2)13-11-18/h3-5,7-8,10-13,20,25H,6,9,14-15H2,1-2H3/t20-/m1/s1. The number of nitrogens with one attached hydrogen (secondary N) is 1. The molecule has 0 unspecified atom stereocenters. The fourth-order valence-corrected chi connectivity index (χ4v) is 3.61. The van der Waals surface area contributed by atoms with Gasteiger partial charge in [-0.05, 0) is 44.0 Å². The Balaban J connectivity index is 1.78. The summed E-state index contributed by atoms with van der Waals surface area (Å²) in [5.74, 6) is 0.742. The first-order chi connectivity index (χ1) is 14.2. The predicted molar refractivity (Wildman–Crippen MR) is 114 cm³/mol. The molecular weight excluding hydrogens is 366 g/mol. The van der Waals surface area contributed by atoms with E-state index in [0.29, 0.717) is 17.8 Å². The van der Waals surface area contributed by atoms with E-state index in [1.807, 2.05) is 61.5 Å². The second-order valence-corrected chi connectivity index (χ2v) is 7.13. The summed E-state index contributed by atoms with van der Waals surface area (Å²) in [6, 6.07) is 17.2. The van der Waals surface area contributed by atoms with Crippen molar-refractivity contribution in [2.24, 2.45) is 4.99 Å². The molecule has 1 aromatic heterocycles. The van der Waals surface area contributed by atoms with Crippen molar-refractivity contribution in [2.45, 2.75) is 25.9 Å². The lowest BCUT2D eigenvalue weighted by Gasteiger charge is -2.07. The van der Waals surface area contributed by atoms with Gasteiger partial charge in [0, 0.05) is 17.9 Å². The molecule has 29 heavy (non-hydrogen) atoms. The zero-order valence-electron chi connectivity index (χ0n) is 16.7. The fraction of sp³-hybridized carbons (Fsp3) is 0.304. The smallest absolute Gasteiger partial charge is 0.280 e. The maximum atomic E-state index is 13.3. The van der Waals surface area contributed by atoms with Crippen LogP contribution < -0.4 is 10.3 Å². The number of ether oxygens (including phenoxy) is 2. The monoisotopic (exact) mass is 391 g/mol. The Bertz CT molecular complexity index is 1040. The third kappa shape index (κ3) is 4.03. The summed E-state index contributed by atoms with van der Waals surface area (Å²) >= 11 is 0. The van der Waals surface area contributed by atoms with Crippen molar-refractivity contribution in [2.75, 3.05) is 20.3 Å². The Hall–Kier alpha value is -3.12. The molecule has 1 aliphatic heterocycles. The Morgan fingerprint density at radius 1 is 1.21 bits per heavy atom. The zero-order valence-corrected chi connectivity index (χ0v) is 16.7. The molecule has 3 aromatic rings. The van der Waals surface area contributed by atoms with Crippen molar-refractivity contribution in [3.63, 3.8) is 0 Å². The van der Waals surface area contributed by atoms with Crippen LogP contribution in [0, 0.1) is 0 Å². The van der Waals surface area contributed by atoms with Crippen molar-refractivity contribution in [3.05, 3.63) is 70.5 Å². The van der Waals surface area contributed by atoms with Crippen LogP contribution in [0.3, 0.4) is 0 Å². The average molecular weight is 391 g/mol. The van der Waals surface area contributed by atoms with Crippen LogP contribution in [0.2, 0.25) is 0 Å². The van der Waals surface area contributed by atoms with Gasteiger partial charge in [-0.15, -0.1) is 0 Å². The molecule has 1 N–H and O–H groups in total. The molecular formula is C23H25N3O3. The highest BCUT2D eigenvalue weighted by Gasteiger charge is 2.20. The third-order valence-corrected chi connectivity index (χ3v) is 5.20. The van der Waals surface area contributed by atoms with Gasteiger partial charge in [-0.1, -0.05) is 30.3 Å². The van der Waals surface area contributed by atoms with Crippen molar-refractivity contribution < 1.29 is 9.47 Å². The molecule has 4 rings (SSSR count). The SMILES string of the molecule is COc1ccc(-n2[nH]c(-c3ccccc3)c(C(C)=NC[C@H]3CCCO3)c2=O)cc1. The highest BCUT2D eigenvalue weighted by Crippen LogP contribution is 2.22. The van der Waals surface area contributed by atoms with E-state index in [4.69, 9.17) is 14.5 Å². The number of nitrogens with zero attached hydrogens (tertiary/aromatic N) is 2. The van der Waals surface area contributed by atoms with Crippen LogP contribution in [-0.4, -0.2) is 41.9 Å². The summed E-state index contributed by atoms with van der Waals surface area (Å²) in [6.45, 7) is 3.26. The number of aromatic nitrogens is 2. The van der Waals surface area contributed by atoms with Crippen molar-refractivity contribution in [3.8, 4) is 22.7 Å². The Kier molecular flexibility index (Phi) is 5.62. The van der Waals surface area contributed by atoms with Gasteiger partial charge in [0.1, 0.15) is 5.75 Å². The summed E-state index contributed by atoms with van der Waals surface area (Å²) < 4.78 is 12.5. The molecule has 0 amide bonds. The van der Waals surface area contributed by atoms with Crippen molar-refractivity contribution in [1.29, 1.82) is 0 Å². The molecule has 0 saturated carbocycles. The molecule has 150 valence electrons. The van der Waals surface area contributed by atoms with Crippen LogP contribution in [-0.2, 0) is 4.74 Å². The summed E-state index contributed by atoms with van der Waals surface area (Å²) in [7, 11) is 1.62. The first-order valence-corrected chi connectivity index (χ1v) is 9.85. The van der Waals surface area contributed by atoms with E-state index in [-0.39, 0.29) is 11.7 Å². The Morgan fingerprint density at radius 2 is 1.97 bits per heavy atom. The van der Waals surface area contributed by atoms with Gasteiger partial charge in [0.2, 0.25) is 0 Å². The lowest BCUT2D eigenvalue weighted by atomic mass is 10.1. The molecule has 6 heteroatoms. The Morgan fingerprint density at radius 3 is 2.62 bits per heavy atom. The minimum Gasteiger partial charge on any atom is -0.497 e. The van der Waals surface area contributed by atoms with Gasteiger partial charge < -0.3 is 9.47 Å². The average Bonchev–Trinajstić information content (AvgIpc) is 3.40. The van der Waals surface area contributed by atoms with Crippen LogP contribution in [0.25, 0.3) is 16.9 Å². The molecule has 2 aromatic carbocycles. The molecule has 1 fully saturated rings. The molecule has 1 saturated heterocycles. The molecule has 0 spiro atoms. The van der Waals surface area contributed by atoms with E-state index in [9.17, 15) is 4.79 Å². The fourth-order valence-electron chi connectivity index (χ4n) is 3.61. The summed E-state index contributed by atoms with van der Waals surface area (Å²) in [6.07, 6.45) is 2.24. The number of hydrogen-bond donors (Lipinski definition) is 1. The number of hydrogen-bond acceptors (Lipinski definition) is 4. The molecule has 0 aliphatic carbocycles. The molecule has 2 heterocycles.